The minimum Gasteiger partial charge on any atom is -0.481 e. The minimum absolute atomic E-state index is 0.00273. The molecule has 0 aromatic rings. The largest absolute Gasteiger partial charge is 0.481 e. The summed E-state index contributed by atoms with van der Waals surface area (Å²) < 4.78 is 10.6. The average Bonchev–Trinajstić information content (AvgIpc) is 2.27. The Morgan fingerprint density at radius 3 is 2.37 bits per heavy atom. The summed E-state index contributed by atoms with van der Waals surface area (Å²) in [6.07, 6.45) is 0.926. The first-order chi connectivity index (χ1) is 8.79. The lowest BCUT2D eigenvalue weighted by Crippen LogP contribution is -2.46. The Kier molecular flexibility index (Phi) is 5.60. The van der Waals surface area contributed by atoms with E-state index in [0.29, 0.717) is 13.2 Å². The first kappa shape index (κ1) is 15.8. The molecule has 0 atom stereocenters. The Morgan fingerprint density at radius 1 is 1.32 bits per heavy atom. The zero-order valence-corrected chi connectivity index (χ0v) is 11.8. The number of hydrogen-bond donors (Lipinski definition) is 1. The number of hydrogen-bond acceptors (Lipinski definition) is 4. The van der Waals surface area contributed by atoms with Crippen LogP contribution in [0.4, 0.5) is 4.79 Å². The monoisotopic (exact) mass is 273 g/mol. The molecule has 1 amide bonds. The van der Waals surface area contributed by atoms with E-state index in [2.05, 4.69) is 0 Å². The normalized spacial score (nSPS) is 17.0. The van der Waals surface area contributed by atoms with Gasteiger partial charge < -0.3 is 19.5 Å². The molecule has 110 valence electrons. The molecule has 6 heteroatoms. The molecule has 1 N–H and O–H groups in total. The summed E-state index contributed by atoms with van der Waals surface area (Å²) in [6, 6.07) is 0.00273. The van der Waals surface area contributed by atoms with E-state index in [1.54, 1.807) is 20.8 Å². The fourth-order valence-electron chi connectivity index (χ4n) is 1.96. The summed E-state index contributed by atoms with van der Waals surface area (Å²) in [5, 5.41) is 8.77. The second-order valence-corrected chi connectivity index (χ2v) is 5.66. The molecular weight excluding hydrogens is 250 g/mol. The Morgan fingerprint density at radius 2 is 1.89 bits per heavy atom. The van der Waals surface area contributed by atoms with E-state index in [4.69, 9.17) is 14.6 Å². The molecule has 0 aromatic carbocycles. The van der Waals surface area contributed by atoms with Gasteiger partial charge in [0, 0.05) is 25.8 Å². The van der Waals surface area contributed by atoms with E-state index in [1.165, 1.54) is 4.90 Å². The first-order valence-corrected chi connectivity index (χ1v) is 6.59. The van der Waals surface area contributed by atoms with E-state index in [1.807, 2.05) is 0 Å². The Balaban J connectivity index is 2.66. The van der Waals surface area contributed by atoms with Gasteiger partial charge >= 0.3 is 12.1 Å². The third-order valence-corrected chi connectivity index (χ3v) is 2.83. The van der Waals surface area contributed by atoms with Gasteiger partial charge in [0.25, 0.3) is 0 Å². The number of nitrogens with zero attached hydrogens (tertiary/aromatic N) is 1. The third-order valence-electron chi connectivity index (χ3n) is 2.83. The molecule has 0 radical (unpaired) electrons. The van der Waals surface area contributed by atoms with Crippen molar-refractivity contribution >= 4 is 12.1 Å². The quantitative estimate of drug-likeness (QED) is 0.846. The summed E-state index contributed by atoms with van der Waals surface area (Å²) in [5.74, 6) is -0.916. The van der Waals surface area contributed by atoms with Gasteiger partial charge in [-0.1, -0.05) is 0 Å². The maximum absolute atomic E-state index is 12.1. The molecule has 1 saturated heterocycles. The topological polar surface area (TPSA) is 76.1 Å². The van der Waals surface area contributed by atoms with Crippen LogP contribution in [0.2, 0.25) is 0 Å². The molecule has 1 aliphatic rings. The second kappa shape index (κ2) is 6.75. The number of carboxylic acids is 1. The average molecular weight is 273 g/mol. The molecule has 1 rings (SSSR count). The SMILES string of the molecule is CC(C)(C)OC(=O)N(CCC(=O)O)C1CCOCC1. The number of carboxylic acid groups (broad SMARTS) is 1. The fourth-order valence-corrected chi connectivity index (χ4v) is 1.96. The van der Waals surface area contributed by atoms with Crippen LogP contribution in [0.25, 0.3) is 0 Å². The van der Waals surface area contributed by atoms with E-state index in [-0.39, 0.29) is 19.0 Å². The Bertz CT molecular complexity index is 317. The summed E-state index contributed by atoms with van der Waals surface area (Å²) >= 11 is 0. The lowest BCUT2D eigenvalue weighted by Gasteiger charge is -2.35. The van der Waals surface area contributed by atoms with Gasteiger partial charge in [-0.25, -0.2) is 4.79 Å². The molecule has 0 spiro atoms. The van der Waals surface area contributed by atoms with E-state index in [0.717, 1.165) is 12.8 Å². The molecule has 1 fully saturated rings. The molecule has 0 aliphatic carbocycles. The summed E-state index contributed by atoms with van der Waals surface area (Å²) in [5.41, 5.74) is -0.580. The van der Waals surface area contributed by atoms with Gasteiger partial charge in [0.2, 0.25) is 0 Å². The highest BCUT2D eigenvalue weighted by Gasteiger charge is 2.29. The summed E-state index contributed by atoms with van der Waals surface area (Å²) in [7, 11) is 0. The molecule has 0 bridgehead atoms. The number of carbonyl (C=O) groups is 2. The Labute approximate surface area is 113 Å². The molecule has 6 nitrogen and oxygen atoms in total. The molecule has 19 heavy (non-hydrogen) atoms. The molecule has 1 aliphatic heterocycles. The van der Waals surface area contributed by atoms with Crippen molar-refractivity contribution in [3.05, 3.63) is 0 Å². The first-order valence-electron chi connectivity index (χ1n) is 6.59. The van der Waals surface area contributed by atoms with Crippen LogP contribution in [0, 0.1) is 0 Å². The van der Waals surface area contributed by atoms with E-state index in [9.17, 15) is 9.59 Å². The van der Waals surface area contributed by atoms with Crippen LogP contribution < -0.4 is 0 Å². The Hall–Kier alpha value is -1.30. The van der Waals surface area contributed by atoms with Gasteiger partial charge in [-0.05, 0) is 33.6 Å². The number of amides is 1. The maximum Gasteiger partial charge on any atom is 0.410 e. The third kappa shape index (κ3) is 5.92. The minimum atomic E-state index is -0.916. The smallest absolute Gasteiger partial charge is 0.410 e. The molecule has 1 heterocycles. The lowest BCUT2D eigenvalue weighted by atomic mass is 10.1. The fraction of sp³-hybridized carbons (Fsp3) is 0.846. The van der Waals surface area contributed by atoms with Crippen LogP contribution in [-0.2, 0) is 14.3 Å². The van der Waals surface area contributed by atoms with Gasteiger partial charge in [0.15, 0.2) is 0 Å². The van der Waals surface area contributed by atoms with Crippen LogP contribution in [0.5, 0.6) is 0 Å². The number of ether oxygens (including phenoxy) is 2. The highest BCUT2D eigenvalue weighted by Crippen LogP contribution is 2.18. The van der Waals surface area contributed by atoms with Crippen LogP contribution in [0.3, 0.4) is 0 Å². The zero-order valence-electron chi connectivity index (χ0n) is 11.8. The van der Waals surface area contributed by atoms with Crippen LogP contribution in [0.1, 0.15) is 40.0 Å². The highest BCUT2D eigenvalue weighted by molar-refractivity contribution is 5.71. The second-order valence-electron chi connectivity index (χ2n) is 5.66. The molecule has 0 aromatic heterocycles. The van der Waals surface area contributed by atoms with Crippen molar-refractivity contribution < 1.29 is 24.2 Å². The summed E-state index contributed by atoms with van der Waals surface area (Å²) in [4.78, 5) is 24.4. The van der Waals surface area contributed by atoms with Gasteiger partial charge in [-0.2, -0.15) is 0 Å². The molecular formula is C13H23NO5. The van der Waals surface area contributed by atoms with Crippen LogP contribution in [0.15, 0.2) is 0 Å². The predicted molar refractivity (Wildman–Crippen MR) is 69.0 cm³/mol. The number of aliphatic carboxylic acids is 1. The van der Waals surface area contributed by atoms with Gasteiger partial charge in [-0.15, -0.1) is 0 Å². The molecule has 0 saturated carbocycles. The van der Waals surface area contributed by atoms with Crippen molar-refractivity contribution in [2.75, 3.05) is 19.8 Å². The van der Waals surface area contributed by atoms with Crippen molar-refractivity contribution in [1.82, 2.24) is 4.90 Å². The highest BCUT2D eigenvalue weighted by atomic mass is 16.6. The predicted octanol–water partition coefficient (Wildman–Crippen LogP) is 1.88. The number of carbonyl (C=O) groups excluding carboxylic acids is 1. The van der Waals surface area contributed by atoms with E-state index < -0.39 is 17.7 Å². The number of rotatable bonds is 4. The van der Waals surface area contributed by atoms with Crippen LogP contribution >= 0.6 is 0 Å². The van der Waals surface area contributed by atoms with Crippen molar-refractivity contribution in [3.8, 4) is 0 Å². The van der Waals surface area contributed by atoms with Gasteiger partial charge in [0.05, 0.1) is 6.42 Å². The van der Waals surface area contributed by atoms with Crippen molar-refractivity contribution in [3.63, 3.8) is 0 Å². The zero-order chi connectivity index (χ0) is 14.5. The standard InChI is InChI=1S/C13H23NO5/c1-13(2,3)19-12(17)14(7-4-11(15)16)10-5-8-18-9-6-10/h10H,4-9H2,1-3H3,(H,15,16). The van der Waals surface area contributed by atoms with Crippen molar-refractivity contribution in [2.24, 2.45) is 0 Å². The van der Waals surface area contributed by atoms with Crippen molar-refractivity contribution in [2.45, 2.75) is 51.7 Å². The van der Waals surface area contributed by atoms with Gasteiger partial charge in [0.1, 0.15) is 5.60 Å². The summed E-state index contributed by atoms with van der Waals surface area (Å²) in [6.45, 7) is 6.75. The van der Waals surface area contributed by atoms with Crippen LogP contribution in [-0.4, -0.2) is 53.5 Å². The van der Waals surface area contributed by atoms with Crippen molar-refractivity contribution in [1.29, 1.82) is 0 Å². The van der Waals surface area contributed by atoms with Gasteiger partial charge in [-0.3, -0.25) is 4.79 Å². The lowest BCUT2D eigenvalue weighted by molar-refractivity contribution is -0.137. The van der Waals surface area contributed by atoms with E-state index >= 15 is 0 Å². The maximum atomic E-state index is 12.1. The molecule has 0 unspecified atom stereocenters.